The van der Waals surface area contributed by atoms with Crippen molar-refractivity contribution < 1.29 is 4.79 Å². The molecule has 0 radical (unpaired) electrons. The van der Waals surface area contributed by atoms with Crippen LogP contribution in [0.4, 0.5) is 0 Å². The van der Waals surface area contributed by atoms with Crippen LogP contribution in [0, 0.1) is 0 Å². The van der Waals surface area contributed by atoms with Crippen molar-refractivity contribution in [1.82, 2.24) is 10.2 Å². The SMILES string of the molecule is CCNC1(C)CC(=O)N(Cc2ccccc2)C1. The maximum absolute atomic E-state index is 12.0. The third-order valence-electron chi connectivity index (χ3n) is 3.25. The lowest BCUT2D eigenvalue weighted by Gasteiger charge is -2.25. The molecule has 1 unspecified atom stereocenters. The second-order valence-electron chi connectivity index (χ2n) is 5.00. The summed E-state index contributed by atoms with van der Waals surface area (Å²) in [5.41, 5.74) is 1.14. The third kappa shape index (κ3) is 2.86. The number of rotatable bonds is 4. The Kier molecular flexibility index (Phi) is 3.48. The maximum atomic E-state index is 12.0. The van der Waals surface area contributed by atoms with Crippen LogP contribution in [-0.2, 0) is 11.3 Å². The zero-order valence-corrected chi connectivity index (χ0v) is 10.6. The van der Waals surface area contributed by atoms with Crippen LogP contribution in [-0.4, -0.2) is 29.4 Å². The molecule has 0 bridgehead atoms. The van der Waals surface area contributed by atoms with Crippen LogP contribution >= 0.6 is 0 Å². The minimum Gasteiger partial charge on any atom is -0.336 e. The average Bonchev–Trinajstić information content (AvgIpc) is 2.56. The molecule has 3 heteroatoms. The van der Waals surface area contributed by atoms with Gasteiger partial charge in [0.25, 0.3) is 0 Å². The topological polar surface area (TPSA) is 32.3 Å². The van der Waals surface area contributed by atoms with Crippen molar-refractivity contribution in [3.8, 4) is 0 Å². The summed E-state index contributed by atoms with van der Waals surface area (Å²) in [7, 11) is 0. The highest BCUT2D eigenvalue weighted by atomic mass is 16.2. The van der Waals surface area contributed by atoms with Gasteiger partial charge in [-0.2, -0.15) is 0 Å². The third-order valence-corrected chi connectivity index (χ3v) is 3.25. The molecule has 0 aromatic heterocycles. The first-order valence-corrected chi connectivity index (χ1v) is 6.20. The Labute approximate surface area is 103 Å². The number of hydrogen-bond acceptors (Lipinski definition) is 2. The van der Waals surface area contributed by atoms with Gasteiger partial charge in [-0.1, -0.05) is 37.3 Å². The van der Waals surface area contributed by atoms with Gasteiger partial charge in [0.2, 0.25) is 5.91 Å². The largest absolute Gasteiger partial charge is 0.336 e. The number of nitrogens with one attached hydrogen (secondary N) is 1. The van der Waals surface area contributed by atoms with Crippen molar-refractivity contribution in [3.63, 3.8) is 0 Å². The van der Waals surface area contributed by atoms with Crippen LogP contribution in [0.5, 0.6) is 0 Å². The molecule has 1 amide bonds. The highest BCUT2D eigenvalue weighted by Gasteiger charge is 2.38. The molecule has 0 aliphatic carbocycles. The fourth-order valence-electron chi connectivity index (χ4n) is 2.50. The summed E-state index contributed by atoms with van der Waals surface area (Å²) < 4.78 is 0. The van der Waals surface area contributed by atoms with E-state index in [1.165, 1.54) is 5.56 Å². The highest BCUT2D eigenvalue weighted by molar-refractivity contribution is 5.80. The Morgan fingerprint density at radius 3 is 2.71 bits per heavy atom. The first kappa shape index (κ1) is 12.1. The first-order chi connectivity index (χ1) is 8.13. The van der Waals surface area contributed by atoms with Crippen molar-refractivity contribution in [2.45, 2.75) is 32.4 Å². The normalized spacial score (nSPS) is 24.4. The standard InChI is InChI=1S/C14H20N2O/c1-3-15-14(2)9-13(17)16(11-14)10-12-7-5-4-6-8-12/h4-8,15H,3,9-11H2,1-2H3. The van der Waals surface area contributed by atoms with E-state index in [9.17, 15) is 4.79 Å². The Morgan fingerprint density at radius 1 is 1.35 bits per heavy atom. The van der Waals surface area contributed by atoms with Gasteiger partial charge in [-0.15, -0.1) is 0 Å². The van der Waals surface area contributed by atoms with Gasteiger partial charge in [-0.3, -0.25) is 4.79 Å². The van der Waals surface area contributed by atoms with Crippen LogP contribution in [0.3, 0.4) is 0 Å². The molecule has 1 fully saturated rings. The van der Waals surface area contributed by atoms with Gasteiger partial charge in [-0.25, -0.2) is 0 Å². The zero-order chi connectivity index (χ0) is 12.3. The van der Waals surface area contributed by atoms with Crippen LogP contribution in [0.2, 0.25) is 0 Å². The van der Waals surface area contributed by atoms with E-state index in [-0.39, 0.29) is 11.4 Å². The lowest BCUT2D eigenvalue weighted by Crippen LogP contribution is -2.44. The molecule has 0 spiro atoms. The number of amides is 1. The van der Waals surface area contributed by atoms with E-state index in [0.717, 1.165) is 19.6 Å². The molecular weight excluding hydrogens is 212 g/mol. The zero-order valence-electron chi connectivity index (χ0n) is 10.6. The summed E-state index contributed by atoms with van der Waals surface area (Å²) in [5, 5.41) is 3.40. The molecule has 1 aliphatic heterocycles. The molecule has 2 rings (SSSR count). The summed E-state index contributed by atoms with van der Waals surface area (Å²) in [5.74, 6) is 0.248. The van der Waals surface area contributed by atoms with Gasteiger partial charge in [-0.05, 0) is 19.0 Å². The molecule has 1 aliphatic rings. The van der Waals surface area contributed by atoms with Gasteiger partial charge >= 0.3 is 0 Å². The molecule has 1 saturated heterocycles. The number of benzene rings is 1. The Bertz CT molecular complexity index is 390. The predicted molar refractivity (Wildman–Crippen MR) is 68.6 cm³/mol. The Morgan fingerprint density at radius 2 is 2.06 bits per heavy atom. The number of nitrogens with zero attached hydrogens (tertiary/aromatic N) is 1. The first-order valence-electron chi connectivity index (χ1n) is 6.20. The van der Waals surface area contributed by atoms with E-state index < -0.39 is 0 Å². The number of carbonyl (C=O) groups excluding carboxylic acids is 1. The van der Waals surface area contributed by atoms with E-state index in [1.54, 1.807) is 0 Å². The number of hydrogen-bond donors (Lipinski definition) is 1. The molecule has 92 valence electrons. The number of likely N-dealkylation sites (tertiary alicyclic amines) is 1. The van der Waals surface area contributed by atoms with Crippen LogP contribution in [0.15, 0.2) is 30.3 Å². The average molecular weight is 232 g/mol. The van der Waals surface area contributed by atoms with Gasteiger partial charge in [0.15, 0.2) is 0 Å². The van der Waals surface area contributed by atoms with Crippen LogP contribution in [0.1, 0.15) is 25.8 Å². The van der Waals surface area contributed by atoms with Crippen molar-refractivity contribution in [1.29, 1.82) is 0 Å². The summed E-state index contributed by atoms with van der Waals surface area (Å²) >= 11 is 0. The quantitative estimate of drug-likeness (QED) is 0.858. The molecule has 1 aromatic rings. The van der Waals surface area contributed by atoms with Gasteiger partial charge in [0.1, 0.15) is 0 Å². The monoisotopic (exact) mass is 232 g/mol. The Hall–Kier alpha value is -1.35. The minimum atomic E-state index is -0.0549. The van der Waals surface area contributed by atoms with Gasteiger partial charge in [0, 0.05) is 25.0 Å². The lowest BCUT2D eigenvalue weighted by atomic mass is 10.0. The predicted octanol–water partition coefficient (Wildman–Crippen LogP) is 1.79. The molecule has 1 aromatic carbocycles. The van der Waals surface area contributed by atoms with Gasteiger partial charge in [0.05, 0.1) is 0 Å². The molecule has 17 heavy (non-hydrogen) atoms. The smallest absolute Gasteiger partial charge is 0.224 e. The van der Waals surface area contributed by atoms with Crippen molar-refractivity contribution in [2.75, 3.05) is 13.1 Å². The molecule has 1 atom stereocenters. The van der Waals surface area contributed by atoms with Crippen LogP contribution < -0.4 is 5.32 Å². The maximum Gasteiger partial charge on any atom is 0.224 e. The molecule has 3 nitrogen and oxygen atoms in total. The highest BCUT2D eigenvalue weighted by Crippen LogP contribution is 2.23. The van der Waals surface area contributed by atoms with Gasteiger partial charge < -0.3 is 10.2 Å². The van der Waals surface area contributed by atoms with E-state index in [0.29, 0.717) is 6.42 Å². The summed E-state index contributed by atoms with van der Waals surface area (Å²) in [6.07, 6.45) is 0.605. The van der Waals surface area contributed by atoms with E-state index in [1.807, 2.05) is 23.1 Å². The second-order valence-corrected chi connectivity index (χ2v) is 5.00. The lowest BCUT2D eigenvalue weighted by molar-refractivity contribution is -0.128. The molecular formula is C14H20N2O. The summed E-state index contributed by atoms with van der Waals surface area (Å²) in [4.78, 5) is 13.9. The van der Waals surface area contributed by atoms with Crippen molar-refractivity contribution in [3.05, 3.63) is 35.9 Å². The Balaban J connectivity index is 2.02. The van der Waals surface area contributed by atoms with E-state index in [4.69, 9.17) is 0 Å². The fourth-order valence-corrected chi connectivity index (χ4v) is 2.50. The van der Waals surface area contributed by atoms with E-state index >= 15 is 0 Å². The minimum absolute atomic E-state index is 0.0549. The second kappa shape index (κ2) is 4.88. The fraction of sp³-hybridized carbons (Fsp3) is 0.500. The number of carbonyl (C=O) groups is 1. The van der Waals surface area contributed by atoms with Crippen molar-refractivity contribution in [2.24, 2.45) is 0 Å². The summed E-state index contributed by atoms with van der Waals surface area (Å²) in [6, 6.07) is 10.2. The van der Waals surface area contributed by atoms with Crippen molar-refractivity contribution >= 4 is 5.91 Å². The summed E-state index contributed by atoms with van der Waals surface area (Å²) in [6.45, 7) is 6.63. The van der Waals surface area contributed by atoms with Crippen LogP contribution in [0.25, 0.3) is 0 Å². The van der Waals surface area contributed by atoms with E-state index in [2.05, 4.69) is 31.3 Å². The molecule has 1 N–H and O–H groups in total. The molecule has 1 heterocycles. The molecule has 0 saturated carbocycles. The number of likely N-dealkylation sites (N-methyl/N-ethyl adjacent to an activating group) is 1.